The molecule has 20 heavy (non-hydrogen) atoms. The van der Waals surface area contributed by atoms with Crippen molar-refractivity contribution < 1.29 is 4.79 Å². The minimum Gasteiger partial charge on any atom is -0.309 e. The summed E-state index contributed by atoms with van der Waals surface area (Å²) in [5, 5.41) is 6.58. The van der Waals surface area contributed by atoms with Crippen molar-refractivity contribution >= 4 is 23.3 Å². The van der Waals surface area contributed by atoms with Crippen LogP contribution in [0.25, 0.3) is 0 Å². The molecule has 0 fully saturated rings. The summed E-state index contributed by atoms with van der Waals surface area (Å²) in [6.45, 7) is 0.706. The van der Waals surface area contributed by atoms with Gasteiger partial charge in [-0.05, 0) is 29.7 Å². The molecule has 0 bridgehead atoms. The minimum absolute atomic E-state index is 0.0886. The van der Waals surface area contributed by atoms with Gasteiger partial charge in [-0.15, -0.1) is 0 Å². The lowest BCUT2D eigenvalue weighted by atomic mass is 9.95. The van der Waals surface area contributed by atoms with Crippen molar-refractivity contribution in [3.63, 3.8) is 0 Å². The Balaban J connectivity index is 1.70. The monoisotopic (exact) mass is 287 g/mol. The van der Waals surface area contributed by atoms with Gasteiger partial charge in [-0.25, -0.2) is 4.98 Å². The van der Waals surface area contributed by atoms with Crippen molar-refractivity contribution in [2.24, 2.45) is 0 Å². The Morgan fingerprint density at radius 3 is 2.90 bits per heavy atom. The van der Waals surface area contributed by atoms with Gasteiger partial charge in [0.1, 0.15) is 5.82 Å². The molecule has 2 heterocycles. The van der Waals surface area contributed by atoms with Gasteiger partial charge in [0.25, 0.3) is 0 Å². The maximum atomic E-state index is 12.2. The second-order valence-corrected chi connectivity index (χ2v) is 5.19. The first-order valence-corrected chi connectivity index (χ1v) is 6.83. The lowest BCUT2D eigenvalue weighted by molar-refractivity contribution is -0.118. The molecular formula is C15H14ClN3O. The number of hydrogen-bond donors (Lipinski definition) is 2. The van der Waals surface area contributed by atoms with Crippen LogP contribution in [0.1, 0.15) is 11.1 Å². The van der Waals surface area contributed by atoms with Crippen LogP contribution in [-0.4, -0.2) is 16.9 Å². The fraction of sp³-hybridized carbons (Fsp3) is 0.200. The fourth-order valence-corrected chi connectivity index (χ4v) is 2.49. The van der Waals surface area contributed by atoms with Crippen molar-refractivity contribution in [3.05, 3.63) is 58.7 Å². The Morgan fingerprint density at radius 2 is 2.10 bits per heavy atom. The Kier molecular flexibility index (Phi) is 3.67. The van der Waals surface area contributed by atoms with Crippen LogP contribution in [0.4, 0.5) is 5.82 Å². The molecule has 0 spiro atoms. The van der Waals surface area contributed by atoms with Gasteiger partial charge in [-0.2, -0.15) is 0 Å². The maximum absolute atomic E-state index is 12.2. The van der Waals surface area contributed by atoms with Crippen LogP contribution in [0, 0.1) is 0 Å². The second kappa shape index (κ2) is 5.61. The van der Waals surface area contributed by atoms with Gasteiger partial charge < -0.3 is 10.6 Å². The quantitative estimate of drug-likeness (QED) is 0.892. The van der Waals surface area contributed by atoms with E-state index in [2.05, 4.69) is 27.8 Å². The third kappa shape index (κ3) is 2.81. The zero-order valence-electron chi connectivity index (χ0n) is 10.8. The lowest BCUT2D eigenvalue weighted by Crippen LogP contribution is -2.44. The number of anilines is 1. The number of nitrogens with zero attached hydrogens (tertiary/aromatic N) is 1. The maximum Gasteiger partial charge on any atom is 0.243 e. The van der Waals surface area contributed by atoms with Crippen LogP contribution in [-0.2, 0) is 17.8 Å². The number of benzene rings is 1. The van der Waals surface area contributed by atoms with Crippen LogP contribution < -0.4 is 10.6 Å². The Labute approximate surface area is 122 Å². The molecule has 1 atom stereocenters. The van der Waals surface area contributed by atoms with Gasteiger partial charge in [-0.3, -0.25) is 4.79 Å². The average Bonchev–Trinajstić information content (AvgIpc) is 2.47. The number of amides is 1. The Morgan fingerprint density at radius 1 is 1.30 bits per heavy atom. The number of pyridine rings is 1. The largest absolute Gasteiger partial charge is 0.309 e. The predicted octanol–water partition coefficient (Wildman–Crippen LogP) is 2.39. The predicted molar refractivity (Wildman–Crippen MR) is 78.7 cm³/mol. The van der Waals surface area contributed by atoms with E-state index in [1.807, 2.05) is 12.1 Å². The summed E-state index contributed by atoms with van der Waals surface area (Å²) >= 11 is 5.87. The molecule has 3 rings (SSSR count). The number of aromatic nitrogens is 1. The van der Waals surface area contributed by atoms with E-state index in [1.54, 1.807) is 18.3 Å². The highest BCUT2D eigenvalue weighted by Crippen LogP contribution is 2.17. The van der Waals surface area contributed by atoms with Crippen molar-refractivity contribution in [3.8, 4) is 0 Å². The minimum atomic E-state index is -0.245. The summed E-state index contributed by atoms with van der Waals surface area (Å²) in [6, 6.07) is 11.2. The smallest absolute Gasteiger partial charge is 0.243 e. The molecule has 0 saturated heterocycles. The summed E-state index contributed by atoms with van der Waals surface area (Å²) in [5.74, 6) is 0.387. The number of fused-ring (bicyclic) bond motifs is 1. The van der Waals surface area contributed by atoms with Crippen molar-refractivity contribution in [2.45, 2.75) is 19.0 Å². The third-order valence-electron chi connectivity index (χ3n) is 3.37. The topological polar surface area (TPSA) is 54.0 Å². The lowest BCUT2D eigenvalue weighted by Gasteiger charge is -2.25. The molecule has 1 unspecified atom stereocenters. The fourth-order valence-electron chi connectivity index (χ4n) is 2.33. The van der Waals surface area contributed by atoms with E-state index in [0.717, 1.165) is 0 Å². The van der Waals surface area contributed by atoms with Crippen molar-refractivity contribution in [2.75, 3.05) is 5.32 Å². The molecule has 5 heteroatoms. The molecule has 2 aromatic rings. The van der Waals surface area contributed by atoms with Crippen LogP contribution in [0.15, 0.2) is 42.6 Å². The third-order valence-corrected chi connectivity index (χ3v) is 3.61. The molecule has 1 aromatic carbocycles. The van der Waals surface area contributed by atoms with Gasteiger partial charge in [0.05, 0.1) is 6.04 Å². The first-order valence-electron chi connectivity index (χ1n) is 6.45. The van der Waals surface area contributed by atoms with Crippen LogP contribution in [0.5, 0.6) is 0 Å². The normalized spacial score (nSPS) is 17.4. The zero-order chi connectivity index (χ0) is 13.9. The van der Waals surface area contributed by atoms with Gasteiger partial charge in [-0.1, -0.05) is 35.9 Å². The molecule has 102 valence electrons. The van der Waals surface area contributed by atoms with E-state index in [9.17, 15) is 4.79 Å². The van der Waals surface area contributed by atoms with E-state index in [4.69, 9.17) is 11.6 Å². The molecular weight excluding hydrogens is 274 g/mol. The summed E-state index contributed by atoms with van der Waals surface area (Å²) in [4.78, 5) is 16.3. The molecule has 1 aromatic heterocycles. The number of carbonyl (C=O) groups is 1. The van der Waals surface area contributed by atoms with E-state index in [0.29, 0.717) is 23.8 Å². The molecule has 1 amide bonds. The number of nitrogens with one attached hydrogen (secondary N) is 2. The van der Waals surface area contributed by atoms with Gasteiger partial charge in [0, 0.05) is 17.8 Å². The van der Waals surface area contributed by atoms with Crippen molar-refractivity contribution in [1.29, 1.82) is 0 Å². The molecule has 1 aliphatic heterocycles. The molecule has 0 saturated carbocycles. The number of halogens is 1. The molecule has 0 aliphatic carbocycles. The molecule has 4 nitrogen and oxygen atoms in total. The SMILES string of the molecule is O=C(Nc1cc(Cl)ccn1)C1Cc2ccccc2CN1. The molecule has 2 N–H and O–H groups in total. The van der Waals surface area contributed by atoms with Crippen LogP contribution in [0.2, 0.25) is 5.02 Å². The molecule has 1 aliphatic rings. The van der Waals surface area contributed by atoms with Gasteiger partial charge in [0.2, 0.25) is 5.91 Å². The first-order chi connectivity index (χ1) is 9.72. The average molecular weight is 288 g/mol. The molecule has 0 radical (unpaired) electrons. The summed E-state index contributed by atoms with van der Waals surface area (Å²) in [5.41, 5.74) is 2.46. The highest BCUT2D eigenvalue weighted by Gasteiger charge is 2.24. The summed E-state index contributed by atoms with van der Waals surface area (Å²) < 4.78 is 0. The standard InChI is InChI=1S/C15H14ClN3O/c16-12-5-6-17-14(8-12)19-15(20)13-7-10-3-1-2-4-11(10)9-18-13/h1-6,8,13,18H,7,9H2,(H,17,19,20). The van der Waals surface area contributed by atoms with Gasteiger partial charge in [0.15, 0.2) is 0 Å². The van der Waals surface area contributed by atoms with Crippen LogP contribution in [0.3, 0.4) is 0 Å². The highest BCUT2D eigenvalue weighted by atomic mass is 35.5. The second-order valence-electron chi connectivity index (χ2n) is 4.75. The van der Waals surface area contributed by atoms with Crippen LogP contribution >= 0.6 is 11.6 Å². The van der Waals surface area contributed by atoms with E-state index < -0.39 is 0 Å². The number of carbonyl (C=O) groups excluding carboxylic acids is 1. The van der Waals surface area contributed by atoms with Gasteiger partial charge >= 0.3 is 0 Å². The number of hydrogen-bond acceptors (Lipinski definition) is 3. The first kappa shape index (κ1) is 13.1. The van der Waals surface area contributed by atoms with Crippen molar-refractivity contribution in [1.82, 2.24) is 10.3 Å². The summed E-state index contributed by atoms with van der Waals surface area (Å²) in [6.07, 6.45) is 2.25. The van der Waals surface area contributed by atoms with E-state index in [-0.39, 0.29) is 11.9 Å². The zero-order valence-corrected chi connectivity index (χ0v) is 11.5. The Bertz CT molecular complexity index is 645. The number of rotatable bonds is 2. The Hall–Kier alpha value is -1.91. The van der Waals surface area contributed by atoms with E-state index in [1.165, 1.54) is 11.1 Å². The highest BCUT2D eigenvalue weighted by molar-refractivity contribution is 6.30. The van der Waals surface area contributed by atoms with E-state index >= 15 is 0 Å². The summed E-state index contributed by atoms with van der Waals surface area (Å²) in [7, 11) is 0.